The van der Waals surface area contributed by atoms with Crippen molar-refractivity contribution in [2.24, 2.45) is 0 Å². The van der Waals surface area contributed by atoms with Crippen molar-refractivity contribution in [3.8, 4) is 0 Å². The van der Waals surface area contributed by atoms with Crippen LogP contribution in [0.2, 0.25) is 0 Å². The van der Waals surface area contributed by atoms with Gasteiger partial charge in [-0.3, -0.25) is 4.79 Å². The Balaban J connectivity index is 2.29. The number of aliphatic carboxylic acids is 1. The van der Waals surface area contributed by atoms with E-state index in [0.29, 0.717) is 17.0 Å². The lowest BCUT2D eigenvalue weighted by molar-refractivity contribution is -0.138. The highest BCUT2D eigenvalue weighted by Gasteiger charge is 2.23. The van der Waals surface area contributed by atoms with Gasteiger partial charge >= 0.3 is 5.97 Å². The number of hydrogen-bond donors (Lipinski definition) is 1. The molecule has 2 rings (SSSR count). The molecule has 19 heavy (non-hydrogen) atoms. The molecule has 1 N–H and O–H groups in total. The summed E-state index contributed by atoms with van der Waals surface area (Å²) in [6, 6.07) is 9.45. The van der Waals surface area contributed by atoms with Crippen molar-refractivity contribution in [3.63, 3.8) is 0 Å². The van der Waals surface area contributed by atoms with Gasteiger partial charge in [-0.05, 0) is 37.1 Å². The van der Waals surface area contributed by atoms with Gasteiger partial charge in [0.25, 0.3) is 0 Å². The number of nitrogens with zero attached hydrogens (tertiary/aromatic N) is 2. The first kappa shape index (κ1) is 13.1. The molecule has 0 saturated heterocycles. The van der Waals surface area contributed by atoms with Crippen LogP contribution in [0.4, 0.5) is 4.39 Å². The minimum absolute atomic E-state index is 0.0553. The molecule has 1 aromatic carbocycles. The molecule has 2 aromatic rings. The number of halogens is 1. The number of aryl methyl sites for hydroxylation is 1. The van der Waals surface area contributed by atoms with Crippen LogP contribution in [0.25, 0.3) is 0 Å². The third-order valence-electron chi connectivity index (χ3n) is 2.86. The maximum atomic E-state index is 13.6. The first-order valence-corrected chi connectivity index (χ1v) is 5.84. The predicted octanol–water partition coefficient (Wildman–Crippen LogP) is 2.34. The Morgan fingerprint density at radius 2 is 2.00 bits per heavy atom. The van der Waals surface area contributed by atoms with Crippen LogP contribution in [0, 0.1) is 12.7 Å². The summed E-state index contributed by atoms with van der Waals surface area (Å²) in [5, 5.41) is 17.0. The van der Waals surface area contributed by atoms with Crippen LogP contribution in [0.3, 0.4) is 0 Å². The van der Waals surface area contributed by atoms with E-state index in [1.165, 1.54) is 6.07 Å². The first-order valence-electron chi connectivity index (χ1n) is 5.84. The molecule has 0 aliphatic carbocycles. The number of carboxylic acid groups (broad SMARTS) is 1. The Labute approximate surface area is 109 Å². The zero-order chi connectivity index (χ0) is 13.8. The average Bonchev–Trinajstić information content (AvgIpc) is 2.39. The molecule has 0 fully saturated rings. The van der Waals surface area contributed by atoms with Crippen LogP contribution in [0.1, 0.15) is 22.9 Å². The van der Waals surface area contributed by atoms with E-state index in [1.807, 2.05) is 0 Å². The van der Waals surface area contributed by atoms with Crippen molar-refractivity contribution in [3.05, 3.63) is 59.2 Å². The van der Waals surface area contributed by atoms with Crippen molar-refractivity contribution in [2.75, 3.05) is 0 Å². The molecule has 0 saturated carbocycles. The van der Waals surface area contributed by atoms with Crippen molar-refractivity contribution >= 4 is 5.97 Å². The highest BCUT2D eigenvalue weighted by Crippen LogP contribution is 2.21. The molecule has 1 aromatic heterocycles. The zero-order valence-electron chi connectivity index (χ0n) is 10.4. The number of aromatic nitrogens is 2. The van der Waals surface area contributed by atoms with Crippen LogP contribution in [-0.4, -0.2) is 21.3 Å². The lowest BCUT2D eigenvalue weighted by Gasteiger charge is -2.12. The van der Waals surface area contributed by atoms with E-state index >= 15 is 0 Å². The van der Waals surface area contributed by atoms with Crippen LogP contribution < -0.4 is 0 Å². The second-order valence-corrected chi connectivity index (χ2v) is 4.29. The molecule has 0 aliphatic heterocycles. The first-order chi connectivity index (χ1) is 9.08. The standard InChI is InChI=1S/C14H13FN2O2/c1-9-6-7-13(17-16-9)11(14(18)19)8-10-4-2-3-5-12(10)15/h2-7,11H,8H2,1H3,(H,18,19). The number of hydrogen-bond acceptors (Lipinski definition) is 3. The molecule has 0 bridgehead atoms. The molecule has 1 heterocycles. The highest BCUT2D eigenvalue weighted by molar-refractivity contribution is 5.75. The summed E-state index contributed by atoms with van der Waals surface area (Å²) >= 11 is 0. The Morgan fingerprint density at radius 1 is 1.26 bits per heavy atom. The summed E-state index contributed by atoms with van der Waals surface area (Å²) in [6.45, 7) is 1.77. The fourth-order valence-electron chi connectivity index (χ4n) is 1.80. The fourth-order valence-corrected chi connectivity index (χ4v) is 1.80. The minimum atomic E-state index is -1.04. The summed E-state index contributed by atoms with van der Waals surface area (Å²) in [4.78, 5) is 11.3. The molecule has 98 valence electrons. The monoisotopic (exact) mass is 260 g/mol. The van der Waals surface area contributed by atoms with Crippen LogP contribution >= 0.6 is 0 Å². The number of rotatable bonds is 4. The lowest BCUT2D eigenvalue weighted by atomic mass is 9.95. The smallest absolute Gasteiger partial charge is 0.313 e. The third kappa shape index (κ3) is 3.13. The van der Waals surface area contributed by atoms with Gasteiger partial charge in [-0.1, -0.05) is 18.2 Å². The number of benzene rings is 1. The molecule has 4 nitrogen and oxygen atoms in total. The largest absolute Gasteiger partial charge is 0.481 e. The van der Waals surface area contributed by atoms with E-state index in [4.69, 9.17) is 0 Å². The zero-order valence-corrected chi connectivity index (χ0v) is 10.4. The fraction of sp³-hybridized carbons (Fsp3) is 0.214. The molecule has 5 heteroatoms. The molecule has 1 atom stereocenters. The third-order valence-corrected chi connectivity index (χ3v) is 2.86. The Kier molecular flexibility index (Phi) is 3.85. The van der Waals surface area contributed by atoms with E-state index in [0.717, 1.165) is 0 Å². The van der Waals surface area contributed by atoms with E-state index < -0.39 is 17.7 Å². The molecular weight excluding hydrogens is 247 g/mol. The normalized spacial score (nSPS) is 12.1. The van der Waals surface area contributed by atoms with E-state index in [1.54, 1.807) is 37.3 Å². The number of carboxylic acids is 1. The summed E-state index contributed by atoms with van der Waals surface area (Å²) in [7, 11) is 0. The van der Waals surface area contributed by atoms with Crippen LogP contribution in [0.5, 0.6) is 0 Å². The maximum absolute atomic E-state index is 13.6. The topological polar surface area (TPSA) is 63.1 Å². The van der Waals surface area contributed by atoms with Gasteiger partial charge in [-0.15, -0.1) is 0 Å². The van der Waals surface area contributed by atoms with Gasteiger partial charge in [0.05, 0.1) is 11.4 Å². The molecule has 0 aliphatic rings. The molecule has 0 radical (unpaired) electrons. The van der Waals surface area contributed by atoms with Gasteiger partial charge in [-0.2, -0.15) is 10.2 Å². The Hall–Kier alpha value is -2.30. The predicted molar refractivity (Wildman–Crippen MR) is 67.2 cm³/mol. The lowest BCUT2D eigenvalue weighted by Crippen LogP contribution is -2.17. The highest BCUT2D eigenvalue weighted by atomic mass is 19.1. The maximum Gasteiger partial charge on any atom is 0.313 e. The quantitative estimate of drug-likeness (QED) is 0.916. The van der Waals surface area contributed by atoms with Crippen molar-refractivity contribution in [1.29, 1.82) is 0 Å². The van der Waals surface area contributed by atoms with Crippen LogP contribution in [-0.2, 0) is 11.2 Å². The average molecular weight is 260 g/mol. The Bertz CT molecular complexity index is 584. The van der Waals surface area contributed by atoms with E-state index in [2.05, 4.69) is 10.2 Å². The summed E-state index contributed by atoms with van der Waals surface area (Å²) in [5.74, 6) is -2.35. The number of carbonyl (C=O) groups is 1. The summed E-state index contributed by atoms with van der Waals surface area (Å²) in [5.41, 5.74) is 1.40. The van der Waals surface area contributed by atoms with Crippen LogP contribution in [0.15, 0.2) is 36.4 Å². The SMILES string of the molecule is Cc1ccc(C(Cc2ccccc2F)C(=O)O)nn1. The van der Waals surface area contributed by atoms with Gasteiger partial charge in [0.1, 0.15) is 11.7 Å². The summed E-state index contributed by atoms with van der Waals surface area (Å²) < 4.78 is 13.6. The molecule has 0 spiro atoms. The van der Waals surface area contributed by atoms with E-state index in [-0.39, 0.29) is 6.42 Å². The van der Waals surface area contributed by atoms with Crippen molar-refractivity contribution in [2.45, 2.75) is 19.3 Å². The molecule has 1 unspecified atom stereocenters. The second kappa shape index (κ2) is 5.56. The van der Waals surface area contributed by atoms with Gasteiger partial charge in [0.15, 0.2) is 0 Å². The van der Waals surface area contributed by atoms with Gasteiger partial charge < -0.3 is 5.11 Å². The Morgan fingerprint density at radius 3 is 2.58 bits per heavy atom. The van der Waals surface area contributed by atoms with Gasteiger partial charge in [0.2, 0.25) is 0 Å². The van der Waals surface area contributed by atoms with Gasteiger partial charge in [-0.25, -0.2) is 4.39 Å². The van der Waals surface area contributed by atoms with Gasteiger partial charge in [0, 0.05) is 0 Å². The molecular formula is C14H13FN2O2. The minimum Gasteiger partial charge on any atom is -0.481 e. The van der Waals surface area contributed by atoms with Crippen molar-refractivity contribution < 1.29 is 14.3 Å². The van der Waals surface area contributed by atoms with E-state index in [9.17, 15) is 14.3 Å². The second-order valence-electron chi connectivity index (χ2n) is 4.29. The summed E-state index contributed by atoms with van der Waals surface area (Å²) in [6.07, 6.45) is 0.0553. The van der Waals surface area contributed by atoms with Crippen molar-refractivity contribution in [1.82, 2.24) is 10.2 Å². The molecule has 0 amide bonds.